The first-order valence-electron chi connectivity index (χ1n) is 7.48. The number of rotatable bonds is 5. The van der Waals surface area contributed by atoms with Crippen LogP contribution in [-0.2, 0) is 11.3 Å². The number of amides is 1. The second-order valence-electron chi connectivity index (χ2n) is 5.14. The highest BCUT2D eigenvalue weighted by atomic mass is 16.1. The zero-order chi connectivity index (χ0) is 15.9. The van der Waals surface area contributed by atoms with E-state index in [0.29, 0.717) is 6.54 Å². The molecule has 23 heavy (non-hydrogen) atoms. The molecule has 1 unspecified atom stereocenters. The fourth-order valence-corrected chi connectivity index (χ4v) is 2.43. The molecule has 0 aliphatic heterocycles. The zero-order valence-electron chi connectivity index (χ0n) is 12.6. The third-order valence-corrected chi connectivity index (χ3v) is 3.55. The van der Waals surface area contributed by atoms with Gasteiger partial charge in [-0.25, -0.2) is 0 Å². The second-order valence-corrected chi connectivity index (χ2v) is 5.14. The van der Waals surface area contributed by atoms with Gasteiger partial charge in [-0.2, -0.15) is 0 Å². The maximum Gasteiger partial charge on any atom is 0.233 e. The van der Waals surface area contributed by atoms with E-state index in [2.05, 4.69) is 15.3 Å². The van der Waals surface area contributed by atoms with Crippen LogP contribution < -0.4 is 5.32 Å². The number of hydrogen-bond donors (Lipinski definition) is 1. The number of carbonyl (C=O) groups excluding carboxylic acids is 1. The van der Waals surface area contributed by atoms with Gasteiger partial charge in [-0.1, -0.05) is 42.5 Å². The fourth-order valence-electron chi connectivity index (χ4n) is 2.43. The van der Waals surface area contributed by atoms with Crippen molar-refractivity contribution < 1.29 is 4.79 Å². The summed E-state index contributed by atoms with van der Waals surface area (Å²) in [6.07, 6.45) is 3.42. The summed E-state index contributed by atoms with van der Waals surface area (Å²) in [5.41, 5.74) is 2.48. The summed E-state index contributed by atoms with van der Waals surface area (Å²) in [5, 5.41) is 2.95. The van der Waals surface area contributed by atoms with Gasteiger partial charge in [0, 0.05) is 12.4 Å². The van der Waals surface area contributed by atoms with Crippen LogP contribution in [-0.4, -0.2) is 15.9 Å². The highest BCUT2D eigenvalue weighted by molar-refractivity contribution is 5.86. The van der Waals surface area contributed by atoms with Gasteiger partial charge in [-0.3, -0.25) is 14.8 Å². The summed E-state index contributed by atoms with van der Waals surface area (Å²) in [5.74, 6) is -0.512. The first kappa shape index (κ1) is 14.9. The molecule has 4 nitrogen and oxygen atoms in total. The van der Waals surface area contributed by atoms with Crippen LogP contribution in [0.3, 0.4) is 0 Å². The van der Waals surface area contributed by atoms with Gasteiger partial charge >= 0.3 is 0 Å². The molecule has 2 aromatic heterocycles. The molecule has 2 heterocycles. The third kappa shape index (κ3) is 3.80. The first-order valence-corrected chi connectivity index (χ1v) is 7.48. The van der Waals surface area contributed by atoms with Crippen LogP contribution in [0.15, 0.2) is 79.1 Å². The van der Waals surface area contributed by atoms with Crippen LogP contribution in [0.2, 0.25) is 0 Å². The van der Waals surface area contributed by atoms with E-state index in [1.165, 1.54) is 0 Å². The lowest BCUT2D eigenvalue weighted by Crippen LogP contribution is -2.30. The number of nitrogens with one attached hydrogen (secondary N) is 1. The molecule has 1 aromatic carbocycles. The number of carbonyl (C=O) groups is 1. The van der Waals surface area contributed by atoms with Gasteiger partial charge in [0.25, 0.3) is 0 Å². The lowest BCUT2D eigenvalue weighted by atomic mass is 9.94. The highest BCUT2D eigenvalue weighted by Gasteiger charge is 2.23. The molecule has 114 valence electrons. The number of hydrogen-bond acceptors (Lipinski definition) is 3. The average molecular weight is 303 g/mol. The number of aromatic nitrogens is 2. The van der Waals surface area contributed by atoms with Gasteiger partial charge in [-0.05, 0) is 29.8 Å². The second kappa shape index (κ2) is 7.31. The van der Waals surface area contributed by atoms with Gasteiger partial charge in [0.05, 0.1) is 17.9 Å². The van der Waals surface area contributed by atoms with Crippen LogP contribution in [0.4, 0.5) is 0 Å². The summed E-state index contributed by atoms with van der Waals surface area (Å²) >= 11 is 0. The Morgan fingerprint density at radius 2 is 1.57 bits per heavy atom. The Hall–Kier alpha value is -3.01. The number of pyridine rings is 2. The minimum Gasteiger partial charge on any atom is -0.350 e. The van der Waals surface area contributed by atoms with E-state index in [9.17, 15) is 4.79 Å². The Labute approximate surface area is 135 Å². The summed E-state index contributed by atoms with van der Waals surface area (Å²) in [6.45, 7) is 0.399. The smallest absolute Gasteiger partial charge is 0.233 e. The zero-order valence-corrected chi connectivity index (χ0v) is 12.6. The van der Waals surface area contributed by atoms with Crippen molar-refractivity contribution in [3.63, 3.8) is 0 Å². The van der Waals surface area contributed by atoms with Crippen molar-refractivity contribution in [2.75, 3.05) is 0 Å². The summed E-state index contributed by atoms with van der Waals surface area (Å²) < 4.78 is 0. The van der Waals surface area contributed by atoms with Crippen molar-refractivity contribution in [3.05, 3.63) is 96.1 Å². The number of nitrogens with zero attached hydrogens (tertiary/aromatic N) is 2. The Morgan fingerprint density at radius 3 is 2.22 bits per heavy atom. The lowest BCUT2D eigenvalue weighted by molar-refractivity contribution is -0.121. The molecule has 1 N–H and O–H groups in total. The SMILES string of the molecule is O=C(NCc1ccccn1)C(c1ccccc1)c1ccccn1. The minimum absolute atomic E-state index is 0.0828. The van der Waals surface area contributed by atoms with Gasteiger partial charge < -0.3 is 5.32 Å². The number of benzene rings is 1. The minimum atomic E-state index is -0.430. The van der Waals surface area contributed by atoms with Crippen molar-refractivity contribution in [1.29, 1.82) is 0 Å². The normalized spacial score (nSPS) is 11.7. The quantitative estimate of drug-likeness (QED) is 0.788. The van der Waals surface area contributed by atoms with E-state index in [0.717, 1.165) is 17.0 Å². The predicted molar refractivity (Wildman–Crippen MR) is 88.6 cm³/mol. The molecule has 0 aliphatic rings. The summed E-state index contributed by atoms with van der Waals surface area (Å²) in [6, 6.07) is 20.9. The maximum atomic E-state index is 12.7. The molecule has 3 rings (SSSR count). The van der Waals surface area contributed by atoms with Crippen LogP contribution in [0.1, 0.15) is 22.9 Å². The topological polar surface area (TPSA) is 54.9 Å². The highest BCUT2D eigenvalue weighted by Crippen LogP contribution is 2.23. The van der Waals surface area contributed by atoms with E-state index in [-0.39, 0.29) is 5.91 Å². The van der Waals surface area contributed by atoms with E-state index in [1.807, 2.05) is 66.7 Å². The van der Waals surface area contributed by atoms with Crippen molar-refractivity contribution in [2.24, 2.45) is 0 Å². The molecule has 4 heteroatoms. The largest absolute Gasteiger partial charge is 0.350 e. The molecular weight excluding hydrogens is 286 g/mol. The van der Waals surface area contributed by atoms with Crippen molar-refractivity contribution in [3.8, 4) is 0 Å². The lowest BCUT2D eigenvalue weighted by Gasteiger charge is -2.16. The predicted octanol–water partition coefficient (Wildman–Crippen LogP) is 2.92. The van der Waals surface area contributed by atoms with E-state index < -0.39 is 5.92 Å². The van der Waals surface area contributed by atoms with Gasteiger partial charge in [0.1, 0.15) is 5.92 Å². The molecule has 1 amide bonds. The van der Waals surface area contributed by atoms with Crippen molar-refractivity contribution >= 4 is 5.91 Å². The van der Waals surface area contributed by atoms with Crippen LogP contribution in [0, 0.1) is 0 Å². The average Bonchev–Trinajstić information content (AvgIpc) is 2.63. The maximum absolute atomic E-state index is 12.7. The Kier molecular flexibility index (Phi) is 4.74. The van der Waals surface area contributed by atoms with Crippen LogP contribution >= 0.6 is 0 Å². The van der Waals surface area contributed by atoms with Gasteiger partial charge in [-0.15, -0.1) is 0 Å². The molecule has 3 aromatic rings. The molecule has 0 spiro atoms. The monoisotopic (exact) mass is 303 g/mol. The van der Waals surface area contributed by atoms with Crippen molar-refractivity contribution in [1.82, 2.24) is 15.3 Å². The first-order chi connectivity index (χ1) is 11.3. The molecule has 0 aliphatic carbocycles. The Balaban J connectivity index is 1.82. The Morgan fingerprint density at radius 1 is 0.870 bits per heavy atom. The molecule has 1 atom stereocenters. The molecule has 0 saturated carbocycles. The van der Waals surface area contributed by atoms with Crippen LogP contribution in [0.25, 0.3) is 0 Å². The molecule has 0 fully saturated rings. The van der Waals surface area contributed by atoms with Gasteiger partial charge in [0.15, 0.2) is 0 Å². The fraction of sp³-hybridized carbons (Fsp3) is 0.105. The van der Waals surface area contributed by atoms with Crippen molar-refractivity contribution in [2.45, 2.75) is 12.5 Å². The van der Waals surface area contributed by atoms with Gasteiger partial charge in [0.2, 0.25) is 5.91 Å². The summed E-state index contributed by atoms with van der Waals surface area (Å²) in [7, 11) is 0. The Bertz CT molecular complexity index is 706. The van der Waals surface area contributed by atoms with Crippen LogP contribution in [0.5, 0.6) is 0 Å². The van der Waals surface area contributed by atoms with E-state index in [1.54, 1.807) is 12.4 Å². The molecular formula is C19H17N3O. The summed E-state index contributed by atoms with van der Waals surface area (Å²) in [4.78, 5) is 21.3. The van der Waals surface area contributed by atoms with E-state index in [4.69, 9.17) is 0 Å². The molecule has 0 saturated heterocycles. The van der Waals surface area contributed by atoms with E-state index >= 15 is 0 Å². The molecule has 0 bridgehead atoms. The molecule has 0 radical (unpaired) electrons. The standard InChI is InChI=1S/C19H17N3O/c23-19(22-14-16-10-4-6-12-20-16)18(15-8-2-1-3-9-15)17-11-5-7-13-21-17/h1-13,18H,14H2,(H,22,23). The third-order valence-electron chi connectivity index (χ3n) is 3.55.